The number of ketones is 1. The Balaban J connectivity index is 2.90. The molecular formula is C12H15NO3. The highest BCUT2D eigenvalue weighted by Gasteiger charge is 2.20. The number of carboxylic acids is 1. The summed E-state index contributed by atoms with van der Waals surface area (Å²) in [5.41, 5.74) is 4.81. The predicted octanol–water partition coefficient (Wildman–Crippen LogP) is 1.40. The van der Waals surface area contributed by atoms with Crippen molar-refractivity contribution in [1.29, 1.82) is 0 Å². The fourth-order valence-electron chi connectivity index (χ4n) is 1.84. The normalized spacial score (nSPS) is 14.6. The summed E-state index contributed by atoms with van der Waals surface area (Å²) in [5, 5.41) is 11.4. The minimum Gasteiger partial charge on any atom is -0.480 e. The molecule has 86 valence electrons. The van der Waals surface area contributed by atoms with E-state index in [0.29, 0.717) is 5.57 Å². The van der Waals surface area contributed by atoms with Crippen molar-refractivity contribution >= 4 is 11.8 Å². The van der Waals surface area contributed by atoms with Gasteiger partial charge in [-0.2, -0.15) is 0 Å². The maximum atomic E-state index is 11.3. The van der Waals surface area contributed by atoms with Gasteiger partial charge in [-0.05, 0) is 31.8 Å². The lowest BCUT2D eigenvalue weighted by atomic mass is 10.0. The van der Waals surface area contributed by atoms with Crippen LogP contribution in [0.15, 0.2) is 29.2 Å². The molecule has 16 heavy (non-hydrogen) atoms. The zero-order valence-electron chi connectivity index (χ0n) is 9.30. The smallest absolute Gasteiger partial charge is 0.322 e. The molecule has 0 atom stereocenters. The summed E-state index contributed by atoms with van der Waals surface area (Å²) < 4.78 is 0. The second-order valence-corrected chi connectivity index (χ2v) is 3.67. The number of aliphatic carboxylic acids is 1. The Morgan fingerprint density at radius 3 is 2.69 bits per heavy atom. The summed E-state index contributed by atoms with van der Waals surface area (Å²) in [6, 6.07) is 0. The van der Waals surface area contributed by atoms with Crippen LogP contribution in [0.2, 0.25) is 0 Å². The van der Waals surface area contributed by atoms with Crippen molar-refractivity contribution in [3.05, 3.63) is 29.2 Å². The van der Waals surface area contributed by atoms with Crippen molar-refractivity contribution in [2.24, 2.45) is 0 Å². The van der Waals surface area contributed by atoms with Crippen molar-refractivity contribution in [3.63, 3.8) is 0 Å². The van der Waals surface area contributed by atoms with Crippen LogP contribution in [-0.2, 0) is 9.59 Å². The fourth-order valence-corrected chi connectivity index (χ4v) is 1.84. The SMILES string of the molecule is C=C=C(C(C)=O)C1=C(NCC(=O)O)CCC1. The highest BCUT2D eigenvalue weighted by Crippen LogP contribution is 2.29. The van der Waals surface area contributed by atoms with Crippen molar-refractivity contribution in [1.82, 2.24) is 5.32 Å². The maximum Gasteiger partial charge on any atom is 0.322 e. The van der Waals surface area contributed by atoms with Gasteiger partial charge in [-0.15, -0.1) is 5.73 Å². The van der Waals surface area contributed by atoms with Crippen LogP contribution in [0.5, 0.6) is 0 Å². The minimum atomic E-state index is -0.911. The first-order valence-electron chi connectivity index (χ1n) is 5.15. The van der Waals surface area contributed by atoms with Gasteiger partial charge in [0.15, 0.2) is 5.78 Å². The van der Waals surface area contributed by atoms with E-state index in [1.165, 1.54) is 6.92 Å². The molecular weight excluding hydrogens is 206 g/mol. The number of hydrogen-bond acceptors (Lipinski definition) is 3. The number of hydrogen-bond donors (Lipinski definition) is 2. The number of carboxylic acid groups (broad SMARTS) is 1. The van der Waals surface area contributed by atoms with Gasteiger partial charge in [0, 0.05) is 5.70 Å². The van der Waals surface area contributed by atoms with E-state index >= 15 is 0 Å². The number of carbonyl (C=O) groups is 2. The molecule has 0 aromatic carbocycles. The monoisotopic (exact) mass is 221 g/mol. The van der Waals surface area contributed by atoms with Crippen LogP contribution in [-0.4, -0.2) is 23.4 Å². The van der Waals surface area contributed by atoms with Crippen LogP contribution in [0.1, 0.15) is 26.2 Å². The molecule has 0 fully saturated rings. The Morgan fingerprint density at radius 2 is 2.19 bits per heavy atom. The molecule has 0 aromatic rings. The number of allylic oxidation sites excluding steroid dienone is 3. The zero-order chi connectivity index (χ0) is 12.1. The average Bonchev–Trinajstić information content (AvgIpc) is 2.63. The maximum absolute atomic E-state index is 11.3. The van der Waals surface area contributed by atoms with Crippen LogP contribution in [0.3, 0.4) is 0 Å². The van der Waals surface area contributed by atoms with Gasteiger partial charge in [0.25, 0.3) is 0 Å². The lowest BCUT2D eigenvalue weighted by molar-refractivity contribution is -0.135. The molecule has 0 spiro atoms. The first-order valence-corrected chi connectivity index (χ1v) is 5.15. The third-order valence-electron chi connectivity index (χ3n) is 2.50. The third-order valence-corrected chi connectivity index (χ3v) is 2.50. The van der Waals surface area contributed by atoms with E-state index in [2.05, 4.69) is 17.6 Å². The molecule has 0 saturated heterocycles. The first kappa shape index (κ1) is 12.3. The molecule has 1 aliphatic carbocycles. The lowest BCUT2D eigenvalue weighted by Gasteiger charge is -2.08. The van der Waals surface area contributed by atoms with E-state index in [-0.39, 0.29) is 12.3 Å². The Hall–Kier alpha value is -1.80. The quantitative estimate of drug-likeness (QED) is 0.544. The van der Waals surface area contributed by atoms with E-state index in [9.17, 15) is 9.59 Å². The summed E-state index contributed by atoms with van der Waals surface area (Å²) in [5.74, 6) is -0.993. The highest BCUT2D eigenvalue weighted by atomic mass is 16.4. The van der Waals surface area contributed by atoms with E-state index in [0.717, 1.165) is 30.5 Å². The fraction of sp³-hybridized carbons (Fsp3) is 0.417. The first-order chi connectivity index (χ1) is 7.56. The van der Waals surface area contributed by atoms with E-state index in [1.54, 1.807) is 0 Å². The topological polar surface area (TPSA) is 66.4 Å². The highest BCUT2D eigenvalue weighted by molar-refractivity contribution is 5.97. The van der Waals surface area contributed by atoms with Gasteiger partial charge in [0.05, 0.1) is 5.57 Å². The molecule has 4 heteroatoms. The van der Waals surface area contributed by atoms with Crippen LogP contribution in [0, 0.1) is 0 Å². The standard InChI is InChI=1S/C12H15NO3/c1-3-9(8(2)14)10-5-4-6-11(10)13-7-12(15)16/h13H,1,4-7H2,2H3,(H,15,16). The number of rotatable bonds is 5. The Bertz CT molecular complexity index is 400. The van der Waals surface area contributed by atoms with Gasteiger partial charge in [-0.1, -0.05) is 6.58 Å². The van der Waals surface area contributed by atoms with E-state index in [1.807, 2.05) is 0 Å². The number of carbonyl (C=O) groups excluding carboxylic acids is 1. The molecule has 0 heterocycles. The summed E-state index contributed by atoms with van der Waals surface area (Å²) in [4.78, 5) is 21.8. The Kier molecular flexibility index (Phi) is 4.09. The number of nitrogens with one attached hydrogen (secondary N) is 1. The van der Waals surface area contributed by atoms with Crippen LogP contribution in [0.4, 0.5) is 0 Å². The zero-order valence-corrected chi connectivity index (χ0v) is 9.30. The molecule has 0 bridgehead atoms. The Labute approximate surface area is 94.3 Å². The predicted molar refractivity (Wildman–Crippen MR) is 59.8 cm³/mol. The van der Waals surface area contributed by atoms with Gasteiger partial charge < -0.3 is 10.4 Å². The summed E-state index contributed by atoms with van der Waals surface area (Å²) in [7, 11) is 0. The summed E-state index contributed by atoms with van der Waals surface area (Å²) >= 11 is 0. The molecule has 1 aliphatic rings. The van der Waals surface area contributed by atoms with E-state index < -0.39 is 5.97 Å². The van der Waals surface area contributed by atoms with Crippen molar-refractivity contribution < 1.29 is 14.7 Å². The summed E-state index contributed by atoms with van der Waals surface area (Å²) in [6.07, 6.45) is 2.48. The molecule has 0 saturated carbocycles. The summed E-state index contributed by atoms with van der Waals surface area (Å²) in [6.45, 7) is 4.84. The van der Waals surface area contributed by atoms with Gasteiger partial charge in [-0.3, -0.25) is 9.59 Å². The van der Waals surface area contributed by atoms with Gasteiger partial charge in [-0.25, -0.2) is 0 Å². The molecule has 0 aromatic heterocycles. The number of Topliss-reactive ketones (excluding diaryl/α,β-unsaturated/α-hetero) is 1. The molecule has 2 N–H and O–H groups in total. The van der Waals surface area contributed by atoms with Crippen LogP contribution in [0.25, 0.3) is 0 Å². The Morgan fingerprint density at radius 1 is 1.50 bits per heavy atom. The van der Waals surface area contributed by atoms with Crippen molar-refractivity contribution in [2.45, 2.75) is 26.2 Å². The van der Waals surface area contributed by atoms with Gasteiger partial charge in [0.1, 0.15) is 6.54 Å². The van der Waals surface area contributed by atoms with E-state index in [4.69, 9.17) is 5.11 Å². The second kappa shape index (κ2) is 5.33. The molecule has 1 rings (SSSR count). The second-order valence-electron chi connectivity index (χ2n) is 3.67. The average molecular weight is 221 g/mol. The van der Waals surface area contributed by atoms with Crippen LogP contribution >= 0.6 is 0 Å². The molecule has 0 unspecified atom stereocenters. The third kappa shape index (κ3) is 2.84. The molecule has 0 radical (unpaired) electrons. The van der Waals surface area contributed by atoms with Gasteiger partial charge in [0.2, 0.25) is 0 Å². The molecule has 0 aliphatic heterocycles. The molecule has 4 nitrogen and oxygen atoms in total. The lowest BCUT2D eigenvalue weighted by Crippen LogP contribution is -2.22. The molecule has 0 amide bonds. The minimum absolute atomic E-state index is 0.0819. The van der Waals surface area contributed by atoms with Crippen LogP contribution < -0.4 is 5.32 Å². The van der Waals surface area contributed by atoms with Crippen molar-refractivity contribution in [3.8, 4) is 0 Å². The van der Waals surface area contributed by atoms with Gasteiger partial charge >= 0.3 is 5.97 Å². The largest absolute Gasteiger partial charge is 0.480 e. The van der Waals surface area contributed by atoms with Crippen molar-refractivity contribution in [2.75, 3.05) is 6.54 Å².